The van der Waals surface area contributed by atoms with Crippen molar-refractivity contribution in [3.8, 4) is 0 Å². The predicted molar refractivity (Wildman–Crippen MR) is 118 cm³/mol. The van der Waals surface area contributed by atoms with Gasteiger partial charge in [-0.25, -0.2) is 5.84 Å². The van der Waals surface area contributed by atoms with E-state index in [1.165, 1.54) is 5.01 Å². The zero-order valence-corrected chi connectivity index (χ0v) is 17.3. The number of hydrogen-bond acceptors (Lipinski definition) is 7. The first kappa shape index (κ1) is 22.2. The summed E-state index contributed by atoms with van der Waals surface area (Å²) >= 11 is 0. The highest BCUT2D eigenvalue weighted by molar-refractivity contribution is 5.67. The number of allylic oxidation sites excluding steroid dienone is 3. The number of carboxylic acids is 1. The monoisotopic (exact) mass is 420 g/mol. The van der Waals surface area contributed by atoms with Crippen molar-refractivity contribution in [1.29, 1.82) is 0 Å². The highest BCUT2D eigenvalue weighted by Gasteiger charge is 2.15. The Morgan fingerprint density at radius 1 is 1.13 bits per heavy atom. The Hall–Kier alpha value is -3.49. The summed E-state index contributed by atoms with van der Waals surface area (Å²) in [5, 5.41) is 10.4. The van der Waals surface area contributed by atoms with Crippen LogP contribution in [0.2, 0.25) is 0 Å². The summed E-state index contributed by atoms with van der Waals surface area (Å²) in [5.41, 5.74) is 9.57. The maximum absolute atomic E-state index is 10.9. The Bertz CT molecular complexity index is 902. The van der Waals surface area contributed by atoms with Crippen LogP contribution < -0.4 is 11.6 Å². The van der Waals surface area contributed by atoms with E-state index in [4.69, 9.17) is 16.7 Å². The number of hydrazine groups is 1. The first-order valence-corrected chi connectivity index (χ1v) is 10.1. The van der Waals surface area contributed by atoms with Crippen molar-refractivity contribution in [2.24, 2.45) is 17.5 Å². The molecule has 0 radical (unpaired) electrons. The van der Waals surface area contributed by atoms with Gasteiger partial charge in [-0.1, -0.05) is 24.3 Å². The summed E-state index contributed by atoms with van der Waals surface area (Å²) in [6.07, 6.45) is 11.6. The van der Waals surface area contributed by atoms with Crippen LogP contribution in [-0.4, -0.2) is 37.5 Å². The molecule has 2 aromatic heterocycles. The largest absolute Gasteiger partial charge is 0.481 e. The molecule has 0 fully saturated rings. The number of carboxylic acid groups (broad SMARTS) is 1. The third-order valence-corrected chi connectivity index (χ3v) is 4.84. The Labute approximate surface area is 182 Å². The van der Waals surface area contributed by atoms with Gasteiger partial charge in [0.15, 0.2) is 0 Å². The summed E-state index contributed by atoms with van der Waals surface area (Å²) in [6.45, 7) is 1.73. The number of rotatable bonds is 10. The molecule has 1 atom stereocenters. The summed E-state index contributed by atoms with van der Waals surface area (Å²) in [4.78, 5) is 21.8. The van der Waals surface area contributed by atoms with E-state index in [1.54, 1.807) is 18.6 Å². The van der Waals surface area contributed by atoms with Gasteiger partial charge in [-0.15, -0.1) is 0 Å². The molecule has 0 spiro atoms. The summed E-state index contributed by atoms with van der Waals surface area (Å²) in [5.74, 6) is 5.36. The first-order valence-electron chi connectivity index (χ1n) is 10.1. The van der Waals surface area contributed by atoms with Crippen LogP contribution in [-0.2, 0) is 17.9 Å². The topological polar surface area (TPSA) is 122 Å². The van der Waals surface area contributed by atoms with Gasteiger partial charge in [0.2, 0.25) is 0 Å². The van der Waals surface area contributed by atoms with Crippen LogP contribution in [0.15, 0.2) is 84.6 Å². The van der Waals surface area contributed by atoms with Crippen molar-refractivity contribution in [3.05, 3.63) is 96.0 Å². The molecule has 1 aliphatic rings. The first-order chi connectivity index (χ1) is 15.0. The SMILES string of the molecule is N/C(=C\N(N)C1=CCC(CC(=O)O)C=C1)CN(Cc1ccccn1)Cc1ccccn1. The van der Waals surface area contributed by atoms with Crippen LogP contribution in [0.25, 0.3) is 0 Å². The molecule has 0 bridgehead atoms. The molecule has 0 aliphatic heterocycles. The summed E-state index contributed by atoms with van der Waals surface area (Å²) in [6, 6.07) is 11.7. The van der Waals surface area contributed by atoms with Gasteiger partial charge in [-0.2, -0.15) is 0 Å². The van der Waals surface area contributed by atoms with Crippen molar-refractivity contribution in [1.82, 2.24) is 19.9 Å². The average Bonchev–Trinajstić information content (AvgIpc) is 2.75. The molecule has 162 valence electrons. The lowest BCUT2D eigenvalue weighted by Crippen LogP contribution is -2.31. The molecule has 2 heterocycles. The number of nitrogens with two attached hydrogens (primary N) is 2. The smallest absolute Gasteiger partial charge is 0.303 e. The van der Waals surface area contributed by atoms with Gasteiger partial charge in [-0.3, -0.25) is 24.7 Å². The minimum Gasteiger partial charge on any atom is -0.481 e. The van der Waals surface area contributed by atoms with E-state index >= 15 is 0 Å². The molecule has 8 heteroatoms. The predicted octanol–water partition coefficient (Wildman–Crippen LogP) is 2.39. The van der Waals surface area contributed by atoms with Crippen molar-refractivity contribution in [2.75, 3.05) is 6.54 Å². The van der Waals surface area contributed by atoms with Crippen LogP contribution in [0.4, 0.5) is 0 Å². The fourth-order valence-corrected chi connectivity index (χ4v) is 3.38. The quantitative estimate of drug-likeness (QED) is 0.396. The number of nitrogens with zero attached hydrogens (tertiary/aromatic N) is 4. The minimum absolute atomic E-state index is 0.0109. The van der Waals surface area contributed by atoms with Crippen LogP contribution in [0.5, 0.6) is 0 Å². The van der Waals surface area contributed by atoms with Gasteiger partial charge in [0.1, 0.15) is 0 Å². The third kappa shape index (κ3) is 7.36. The van der Waals surface area contributed by atoms with Gasteiger partial charge in [-0.05, 0) is 42.7 Å². The van der Waals surface area contributed by atoms with E-state index in [-0.39, 0.29) is 12.3 Å². The Kier molecular flexibility index (Phi) is 7.91. The number of aromatic nitrogens is 2. The lowest BCUT2D eigenvalue weighted by molar-refractivity contribution is -0.137. The molecule has 8 nitrogen and oxygen atoms in total. The lowest BCUT2D eigenvalue weighted by atomic mass is 9.96. The molecule has 0 saturated heterocycles. The van der Waals surface area contributed by atoms with Crippen LogP contribution >= 0.6 is 0 Å². The lowest BCUT2D eigenvalue weighted by Gasteiger charge is -2.24. The molecule has 0 amide bonds. The fourth-order valence-electron chi connectivity index (χ4n) is 3.38. The third-order valence-electron chi connectivity index (χ3n) is 4.84. The zero-order valence-electron chi connectivity index (χ0n) is 17.3. The molecule has 0 aromatic carbocycles. The second-order valence-electron chi connectivity index (χ2n) is 7.48. The molecule has 5 N–H and O–H groups in total. The Balaban J connectivity index is 1.65. The van der Waals surface area contributed by atoms with E-state index in [1.807, 2.05) is 54.6 Å². The summed E-state index contributed by atoms with van der Waals surface area (Å²) < 4.78 is 0. The molecule has 1 unspecified atom stereocenters. The van der Waals surface area contributed by atoms with Crippen molar-refractivity contribution in [2.45, 2.75) is 25.9 Å². The van der Waals surface area contributed by atoms with E-state index in [9.17, 15) is 4.79 Å². The number of hydrogen-bond donors (Lipinski definition) is 3. The van der Waals surface area contributed by atoms with E-state index in [0.717, 1.165) is 17.1 Å². The second-order valence-corrected chi connectivity index (χ2v) is 7.48. The zero-order chi connectivity index (χ0) is 22.1. The van der Waals surface area contributed by atoms with Crippen molar-refractivity contribution >= 4 is 5.97 Å². The fraction of sp³-hybridized carbons (Fsp3) is 0.261. The van der Waals surface area contributed by atoms with Gasteiger partial charge in [0.25, 0.3) is 0 Å². The Morgan fingerprint density at radius 3 is 2.26 bits per heavy atom. The molecular weight excluding hydrogens is 392 g/mol. The standard InChI is InChI=1S/C23H28N6O2/c24-19(15-29(25)22-9-7-18(8-10-22)13-23(30)31)14-28(16-20-5-1-3-11-26-20)17-21-6-2-4-12-27-21/h1-7,9-12,15,18H,8,13-14,16-17,24-25H2,(H,30,31)/b19-15-. The maximum atomic E-state index is 10.9. The van der Waals surface area contributed by atoms with Crippen LogP contribution in [0, 0.1) is 5.92 Å². The highest BCUT2D eigenvalue weighted by atomic mass is 16.4. The molecular formula is C23H28N6O2. The maximum Gasteiger partial charge on any atom is 0.303 e. The number of aliphatic carboxylic acids is 1. The van der Waals surface area contributed by atoms with Crippen LogP contribution in [0.1, 0.15) is 24.2 Å². The summed E-state index contributed by atoms with van der Waals surface area (Å²) in [7, 11) is 0. The second kappa shape index (κ2) is 11.1. The van der Waals surface area contributed by atoms with Gasteiger partial charge < -0.3 is 10.8 Å². The molecule has 3 rings (SSSR count). The minimum atomic E-state index is -0.804. The normalized spacial score (nSPS) is 16.3. The van der Waals surface area contributed by atoms with Crippen LogP contribution in [0.3, 0.4) is 0 Å². The van der Waals surface area contributed by atoms with Crippen molar-refractivity contribution in [3.63, 3.8) is 0 Å². The highest BCUT2D eigenvalue weighted by Crippen LogP contribution is 2.20. The molecule has 0 saturated carbocycles. The van der Waals surface area contributed by atoms with E-state index in [2.05, 4.69) is 14.9 Å². The number of carbonyl (C=O) groups is 1. The molecule has 31 heavy (non-hydrogen) atoms. The van der Waals surface area contributed by atoms with E-state index < -0.39 is 5.97 Å². The van der Waals surface area contributed by atoms with E-state index in [0.29, 0.717) is 31.8 Å². The Morgan fingerprint density at radius 2 is 1.77 bits per heavy atom. The van der Waals surface area contributed by atoms with Gasteiger partial charge in [0.05, 0.1) is 23.5 Å². The van der Waals surface area contributed by atoms with Gasteiger partial charge in [0, 0.05) is 43.9 Å². The van der Waals surface area contributed by atoms with Crippen molar-refractivity contribution < 1.29 is 9.90 Å². The average molecular weight is 421 g/mol. The van der Waals surface area contributed by atoms with Gasteiger partial charge >= 0.3 is 5.97 Å². The molecule has 2 aromatic rings. The number of pyridine rings is 2. The molecule has 1 aliphatic carbocycles.